The molecule has 1 heterocycles. The molecule has 1 fully saturated rings. The van der Waals surface area contributed by atoms with Crippen LogP contribution in [-0.2, 0) is 11.3 Å². The standard InChI is InChI=1S/C12H17ClN2OS/c13-11-6-5-10(17-11)8-14-7-1-2-12(16)15-9-3-4-9/h5-6,9,14H,1-4,7-8H2,(H,15,16). The van der Waals surface area contributed by atoms with E-state index in [1.807, 2.05) is 12.1 Å². The molecule has 2 N–H and O–H groups in total. The van der Waals surface area contributed by atoms with Crippen LogP contribution in [0.4, 0.5) is 0 Å². The molecule has 17 heavy (non-hydrogen) atoms. The number of amides is 1. The maximum Gasteiger partial charge on any atom is 0.220 e. The SMILES string of the molecule is O=C(CCCNCc1ccc(Cl)s1)NC1CC1. The van der Waals surface area contributed by atoms with E-state index in [1.165, 1.54) is 4.88 Å². The van der Waals surface area contributed by atoms with Crippen LogP contribution in [0.2, 0.25) is 4.34 Å². The summed E-state index contributed by atoms with van der Waals surface area (Å²) < 4.78 is 0.825. The Morgan fingerprint density at radius 1 is 1.47 bits per heavy atom. The van der Waals surface area contributed by atoms with Crippen LogP contribution in [0.5, 0.6) is 0 Å². The van der Waals surface area contributed by atoms with Crippen molar-refractivity contribution in [2.24, 2.45) is 0 Å². The molecule has 1 amide bonds. The van der Waals surface area contributed by atoms with Gasteiger partial charge in [-0.15, -0.1) is 11.3 Å². The lowest BCUT2D eigenvalue weighted by Crippen LogP contribution is -2.26. The van der Waals surface area contributed by atoms with Crippen LogP contribution in [0.1, 0.15) is 30.6 Å². The Kier molecular flexibility index (Phi) is 4.83. The molecule has 1 aromatic rings. The molecular formula is C12H17ClN2OS. The Morgan fingerprint density at radius 3 is 2.94 bits per heavy atom. The Labute approximate surface area is 111 Å². The Morgan fingerprint density at radius 2 is 2.29 bits per heavy atom. The molecule has 0 unspecified atom stereocenters. The van der Waals surface area contributed by atoms with Gasteiger partial charge in [-0.25, -0.2) is 0 Å². The molecule has 0 spiro atoms. The molecule has 1 aliphatic carbocycles. The van der Waals surface area contributed by atoms with Crippen LogP contribution in [0, 0.1) is 0 Å². The fourth-order valence-electron chi connectivity index (χ4n) is 1.56. The summed E-state index contributed by atoms with van der Waals surface area (Å²) in [6.07, 6.45) is 3.82. The second-order valence-corrected chi connectivity index (χ2v) is 6.13. The van der Waals surface area contributed by atoms with E-state index < -0.39 is 0 Å². The van der Waals surface area contributed by atoms with Crippen molar-refractivity contribution in [1.29, 1.82) is 0 Å². The maximum atomic E-state index is 11.4. The number of rotatable bonds is 7. The second kappa shape index (κ2) is 6.38. The lowest BCUT2D eigenvalue weighted by atomic mass is 10.3. The van der Waals surface area contributed by atoms with Gasteiger partial charge in [0.2, 0.25) is 5.91 Å². The van der Waals surface area contributed by atoms with Crippen LogP contribution in [-0.4, -0.2) is 18.5 Å². The van der Waals surface area contributed by atoms with Gasteiger partial charge < -0.3 is 10.6 Å². The van der Waals surface area contributed by atoms with E-state index in [9.17, 15) is 4.79 Å². The molecule has 5 heteroatoms. The van der Waals surface area contributed by atoms with E-state index in [0.29, 0.717) is 12.5 Å². The first kappa shape index (κ1) is 12.9. The zero-order chi connectivity index (χ0) is 12.1. The molecule has 0 aliphatic heterocycles. The lowest BCUT2D eigenvalue weighted by molar-refractivity contribution is -0.121. The van der Waals surface area contributed by atoms with Gasteiger partial charge in [-0.3, -0.25) is 4.79 Å². The molecule has 0 bridgehead atoms. The minimum Gasteiger partial charge on any atom is -0.353 e. The van der Waals surface area contributed by atoms with Crippen molar-refractivity contribution in [3.05, 3.63) is 21.3 Å². The molecule has 0 radical (unpaired) electrons. The van der Waals surface area contributed by atoms with Gasteiger partial charge in [-0.2, -0.15) is 0 Å². The quantitative estimate of drug-likeness (QED) is 0.749. The van der Waals surface area contributed by atoms with Crippen molar-refractivity contribution in [2.75, 3.05) is 6.54 Å². The smallest absolute Gasteiger partial charge is 0.220 e. The summed E-state index contributed by atoms with van der Waals surface area (Å²) in [6, 6.07) is 4.41. The summed E-state index contributed by atoms with van der Waals surface area (Å²) in [4.78, 5) is 12.6. The molecule has 2 rings (SSSR count). The van der Waals surface area contributed by atoms with Crippen molar-refractivity contribution >= 4 is 28.8 Å². The molecule has 1 saturated carbocycles. The highest BCUT2D eigenvalue weighted by atomic mass is 35.5. The number of carbonyl (C=O) groups excluding carboxylic acids is 1. The molecule has 94 valence electrons. The Hall–Kier alpha value is -0.580. The van der Waals surface area contributed by atoms with Crippen LogP contribution in [0.3, 0.4) is 0 Å². The first-order valence-electron chi connectivity index (χ1n) is 5.98. The van der Waals surface area contributed by atoms with Crippen LogP contribution < -0.4 is 10.6 Å². The Balaban J connectivity index is 1.49. The van der Waals surface area contributed by atoms with E-state index in [0.717, 1.165) is 36.7 Å². The summed E-state index contributed by atoms with van der Waals surface area (Å²) >= 11 is 7.43. The molecule has 0 saturated heterocycles. The van der Waals surface area contributed by atoms with Gasteiger partial charge >= 0.3 is 0 Å². The third kappa shape index (κ3) is 5.06. The summed E-state index contributed by atoms with van der Waals surface area (Å²) in [5.74, 6) is 0.188. The lowest BCUT2D eigenvalue weighted by Gasteiger charge is -2.04. The van der Waals surface area contributed by atoms with Crippen molar-refractivity contribution < 1.29 is 4.79 Å². The van der Waals surface area contributed by atoms with Crippen LogP contribution >= 0.6 is 22.9 Å². The third-order valence-corrected chi connectivity index (χ3v) is 3.86. The molecule has 1 aromatic heterocycles. The van der Waals surface area contributed by atoms with E-state index in [-0.39, 0.29) is 5.91 Å². The maximum absolute atomic E-state index is 11.4. The highest BCUT2D eigenvalue weighted by Gasteiger charge is 2.22. The van der Waals surface area contributed by atoms with E-state index in [1.54, 1.807) is 11.3 Å². The summed E-state index contributed by atoms with van der Waals surface area (Å²) in [5.41, 5.74) is 0. The van der Waals surface area contributed by atoms with E-state index >= 15 is 0 Å². The molecular weight excluding hydrogens is 256 g/mol. The predicted molar refractivity (Wildman–Crippen MR) is 71.4 cm³/mol. The fraction of sp³-hybridized carbons (Fsp3) is 0.583. The van der Waals surface area contributed by atoms with Crippen LogP contribution in [0.25, 0.3) is 0 Å². The third-order valence-electron chi connectivity index (χ3n) is 2.63. The summed E-state index contributed by atoms with van der Waals surface area (Å²) in [5, 5.41) is 6.29. The van der Waals surface area contributed by atoms with Crippen molar-refractivity contribution in [2.45, 2.75) is 38.3 Å². The van der Waals surface area contributed by atoms with Gasteiger partial charge in [-0.05, 0) is 37.9 Å². The Bertz CT molecular complexity index is 376. The predicted octanol–water partition coefficient (Wildman–Crippen LogP) is 2.55. The zero-order valence-corrected chi connectivity index (χ0v) is 11.2. The second-order valence-electron chi connectivity index (χ2n) is 4.33. The first-order chi connectivity index (χ1) is 8.24. The van der Waals surface area contributed by atoms with Gasteiger partial charge in [0.25, 0.3) is 0 Å². The average Bonchev–Trinajstić information content (AvgIpc) is 3.00. The van der Waals surface area contributed by atoms with Gasteiger partial charge in [0.05, 0.1) is 4.34 Å². The molecule has 3 nitrogen and oxygen atoms in total. The number of halogens is 1. The van der Waals surface area contributed by atoms with Crippen molar-refractivity contribution in [3.8, 4) is 0 Å². The number of carbonyl (C=O) groups is 1. The van der Waals surface area contributed by atoms with Gasteiger partial charge in [0, 0.05) is 23.9 Å². The molecule has 0 atom stereocenters. The monoisotopic (exact) mass is 272 g/mol. The molecule has 1 aliphatic rings. The summed E-state index contributed by atoms with van der Waals surface area (Å²) in [7, 11) is 0. The molecule has 0 aromatic carbocycles. The first-order valence-corrected chi connectivity index (χ1v) is 7.18. The van der Waals surface area contributed by atoms with Crippen LogP contribution in [0.15, 0.2) is 12.1 Å². The van der Waals surface area contributed by atoms with Crippen molar-refractivity contribution in [3.63, 3.8) is 0 Å². The summed E-state index contributed by atoms with van der Waals surface area (Å²) in [6.45, 7) is 1.70. The average molecular weight is 273 g/mol. The van der Waals surface area contributed by atoms with E-state index in [2.05, 4.69) is 10.6 Å². The fourth-order valence-corrected chi connectivity index (χ4v) is 2.62. The largest absolute Gasteiger partial charge is 0.353 e. The van der Waals surface area contributed by atoms with Gasteiger partial charge in [-0.1, -0.05) is 11.6 Å². The topological polar surface area (TPSA) is 41.1 Å². The van der Waals surface area contributed by atoms with Crippen molar-refractivity contribution in [1.82, 2.24) is 10.6 Å². The number of hydrogen-bond donors (Lipinski definition) is 2. The normalized spacial score (nSPS) is 14.9. The highest BCUT2D eigenvalue weighted by molar-refractivity contribution is 7.16. The minimum absolute atomic E-state index is 0.188. The number of thiophene rings is 1. The minimum atomic E-state index is 0.188. The number of nitrogens with one attached hydrogen (secondary N) is 2. The number of hydrogen-bond acceptors (Lipinski definition) is 3. The highest BCUT2D eigenvalue weighted by Crippen LogP contribution is 2.21. The van der Waals surface area contributed by atoms with E-state index in [4.69, 9.17) is 11.6 Å². The van der Waals surface area contributed by atoms with Gasteiger partial charge in [0.1, 0.15) is 0 Å². The zero-order valence-electron chi connectivity index (χ0n) is 9.67. The van der Waals surface area contributed by atoms with Gasteiger partial charge in [0.15, 0.2) is 0 Å².